The monoisotopic (exact) mass is 490 g/mol. The van der Waals surface area contributed by atoms with E-state index in [2.05, 4.69) is 20.3 Å². The number of pyridine rings is 1. The van der Waals surface area contributed by atoms with Crippen molar-refractivity contribution in [2.75, 3.05) is 26.0 Å². The molecular formula is C26H27FN6O3. The first-order chi connectivity index (χ1) is 17.5. The Hall–Kier alpha value is -4.05. The van der Waals surface area contributed by atoms with Crippen LogP contribution in [0.25, 0.3) is 38.9 Å². The van der Waals surface area contributed by atoms with E-state index < -0.39 is 11.5 Å². The maximum Gasteiger partial charge on any atom is 0.348 e. The zero-order chi connectivity index (χ0) is 25.2. The topological polar surface area (TPSA) is 121 Å². The third-order valence-corrected chi connectivity index (χ3v) is 6.41. The van der Waals surface area contributed by atoms with Crippen molar-refractivity contribution in [3.8, 4) is 11.3 Å². The Balaban J connectivity index is 1.77. The lowest BCUT2D eigenvalue weighted by molar-refractivity contribution is 0.100. The molecule has 0 amide bonds. The highest BCUT2D eigenvalue weighted by molar-refractivity contribution is 6.13. The first kappa shape index (κ1) is 23.7. The van der Waals surface area contributed by atoms with Crippen molar-refractivity contribution >= 4 is 39.7 Å². The number of anilines is 1. The number of ether oxygens (including phenoxy) is 1. The van der Waals surface area contributed by atoms with E-state index in [-0.39, 0.29) is 11.7 Å². The zero-order valence-electron chi connectivity index (χ0n) is 20.1. The summed E-state index contributed by atoms with van der Waals surface area (Å²) in [5, 5.41) is 3.42. The van der Waals surface area contributed by atoms with E-state index in [9.17, 15) is 4.79 Å². The first-order valence-corrected chi connectivity index (χ1v) is 11.8. The Bertz CT molecular complexity index is 1530. The van der Waals surface area contributed by atoms with Gasteiger partial charge in [0.1, 0.15) is 17.0 Å². The third kappa shape index (κ3) is 4.24. The van der Waals surface area contributed by atoms with Crippen LogP contribution in [0, 0.1) is 5.82 Å². The minimum atomic E-state index is -0.574. The number of nitrogens with two attached hydrogens (primary N) is 1. The number of nitrogens with one attached hydrogen (secondary N) is 1. The molecule has 0 spiro atoms. The van der Waals surface area contributed by atoms with Gasteiger partial charge in [-0.1, -0.05) is 0 Å². The lowest BCUT2D eigenvalue weighted by Crippen LogP contribution is -2.25. The molecule has 9 nitrogen and oxygen atoms in total. The van der Waals surface area contributed by atoms with Gasteiger partial charge in [-0.25, -0.2) is 14.2 Å². The van der Waals surface area contributed by atoms with Crippen molar-refractivity contribution in [3.05, 3.63) is 58.5 Å². The number of rotatable bonds is 7. The van der Waals surface area contributed by atoms with Gasteiger partial charge < -0.3 is 20.2 Å². The van der Waals surface area contributed by atoms with Gasteiger partial charge in [-0.3, -0.25) is 9.56 Å². The van der Waals surface area contributed by atoms with Gasteiger partial charge in [0.25, 0.3) is 0 Å². The van der Waals surface area contributed by atoms with E-state index in [0.717, 1.165) is 19.4 Å². The number of furan rings is 1. The molecule has 0 bridgehead atoms. The highest BCUT2D eigenvalue weighted by Crippen LogP contribution is 2.36. The molecule has 1 atom stereocenters. The lowest BCUT2D eigenvalue weighted by atomic mass is 10.0. The Labute approximate surface area is 206 Å². The minimum absolute atomic E-state index is 0.0397. The molecule has 1 aliphatic heterocycles. The maximum absolute atomic E-state index is 15.4. The molecule has 3 aromatic heterocycles. The summed E-state index contributed by atoms with van der Waals surface area (Å²) in [6.07, 6.45) is 7.17. The standard InChI is InChI=1S/C26H27FN6O3/c1-29-13-17(12-28)16-10-19-23-25(36-24(19)20(27)11-16)22(15-5-6-21(30-2)31-14-15)32-26(34)33(23)8-7-18-4-3-9-35-18/h5-6,10-14,18H,3-4,7-9,28H2,1-2H3,(H,30,31)/b17-12+,29-13?. The largest absolute Gasteiger partial charge is 0.449 e. The average molecular weight is 491 g/mol. The summed E-state index contributed by atoms with van der Waals surface area (Å²) in [7, 11) is 3.38. The van der Waals surface area contributed by atoms with E-state index in [1.165, 1.54) is 12.3 Å². The van der Waals surface area contributed by atoms with Crippen molar-refractivity contribution in [1.82, 2.24) is 14.5 Å². The van der Waals surface area contributed by atoms with Crippen molar-refractivity contribution < 1.29 is 13.5 Å². The van der Waals surface area contributed by atoms with Gasteiger partial charge in [0.05, 0.1) is 6.10 Å². The van der Waals surface area contributed by atoms with Crippen LogP contribution < -0.4 is 16.7 Å². The van der Waals surface area contributed by atoms with Gasteiger partial charge in [0, 0.05) is 62.4 Å². The molecular weight excluding hydrogens is 463 g/mol. The fourth-order valence-electron chi connectivity index (χ4n) is 4.63. The van der Waals surface area contributed by atoms with Crippen molar-refractivity contribution in [2.45, 2.75) is 31.9 Å². The molecule has 3 N–H and O–H groups in total. The number of halogens is 1. The Kier molecular flexibility index (Phi) is 6.51. The summed E-state index contributed by atoms with van der Waals surface area (Å²) in [5.74, 6) is 0.0918. The molecule has 0 aliphatic carbocycles. The van der Waals surface area contributed by atoms with Crippen LogP contribution in [0.3, 0.4) is 0 Å². The van der Waals surface area contributed by atoms with E-state index >= 15 is 4.39 Å². The van der Waals surface area contributed by atoms with E-state index in [1.807, 2.05) is 0 Å². The third-order valence-electron chi connectivity index (χ3n) is 6.41. The predicted molar refractivity (Wildman–Crippen MR) is 139 cm³/mol. The molecule has 0 saturated carbocycles. The summed E-state index contributed by atoms with van der Waals surface area (Å²) in [6, 6.07) is 6.67. The van der Waals surface area contributed by atoms with Crippen molar-refractivity contribution in [3.63, 3.8) is 0 Å². The fourth-order valence-corrected chi connectivity index (χ4v) is 4.63. The van der Waals surface area contributed by atoms with Gasteiger partial charge in [-0.15, -0.1) is 0 Å². The van der Waals surface area contributed by atoms with E-state index in [4.69, 9.17) is 14.9 Å². The number of hydrogen-bond acceptors (Lipinski definition) is 8. The molecule has 1 aromatic carbocycles. The van der Waals surface area contributed by atoms with E-state index in [1.54, 1.807) is 49.3 Å². The number of aliphatic imine (C=N–C) groups is 1. The number of aromatic nitrogens is 3. The lowest BCUT2D eigenvalue weighted by Gasteiger charge is -2.13. The SMILES string of the molecule is CN=C/C(=C\N)c1cc(F)c2oc3c(-c4ccc(NC)nc4)nc(=O)n(CCC4CCCO4)c3c2c1. The minimum Gasteiger partial charge on any atom is -0.449 e. The van der Waals surface area contributed by atoms with Gasteiger partial charge >= 0.3 is 5.69 Å². The molecule has 36 heavy (non-hydrogen) atoms. The molecule has 5 rings (SSSR count). The number of hydrogen-bond donors (Lipinski definition) is 2. The summed E-state index contributed by atoms with van der Waals surface area (Å²) >= 11 is 0. The second-order valence-corrected chi connectivity index (χ2v) is 8.62. The highest BCUT2D eigenvalue weighted by Gasteiger charge is 2.24. The van der Waals surface area contributed by atoms with Crippen LogP contribution in [-0.2, 0) is 11.3 Å². The van der Waals surface area contributed by atoms with Gasteiger partial charge in [-0.05, 0) is 49.1 Å². The van der Waals surface area contributed by atoms with Crippen LogP contribution in [0.4, 0.5) is 10.2 Å². The predicted octanol–water partition coefficient (Wildman–Crippen LogP) is 3.95. The smallest absolute Gasteiger partial charge is 0.348 e. The molecule has 1 unspecified atom stereocenters. The summed E-state index contributed by atoms with van der Waals surface area (Å²) in [4.78, 5) is 26.0. The molecule has 186 valence electrons. The number of allylic oxidation sites excluding steroid dienone is 1. The van der Waals surface area contributed by atoms with Gasteiger partial charge in [0.2, 0.25) is 0 Å². The Morgan fingerprint density at radius 3 is 2.89 bits per heavy atom. The number of aryl methyl sites for hydroxylation is 1. The van der Waals surface area contributed by atoms with Crippen LogP contribution in [0.1, 0.15) is 24.8 Å². The fraction of sp³-hybridized carbons (Fsp3) is 0.308. The Morgan fingerprint density at radius 2 is 2.22 bits per heavy atom. The molecule has 0 radical (unpaired) electrons. The van der Waals surface area contributed by atoms with Crippen molar-refractivity contribution in [1.29, 1.82) is 0 Å². The van der Waals surface area contributed by atoms with Gasteiger partial charge in [0.15, 0.2) is 17.0 Å². The normalized spacial score (nSPS) is 16.5. The molecule has 4 heterocycles. The van der Waals surface area contributed by atoms with Crippen LogP contribution in [-0.4, -0.2) is 47.6 Å². The molecule has 10 heteroatoms. The van der Waals surface area contributed by atoms with Crippen LogP contribution in [0.5, 0.6) is 0 Å². The van der Waals surface area contributed by atoms with Crippen LogP contribution in [0.2, 0.25) is 0 Å². The van der Waals surface area contributed by atoms with Crippen LogP contribution >= 0.6 is 0 Å². The highest BCUT2D eigenvalue weighted by atomic mass is 19.1. The average Bonchev–Trinajstić information content (AvgIpc) is 3.55. The maximum atomic E-state index is 15.4. The second-order valence-electron chi connectivity index (χ2n) is 8.62. The summed E-state index contributed by atoms with van der Waals surface area (Å²) in [6.45, 7) is 1.08. The number of fused-ring (bicyclic) bond motifs is 3. The van der Waals surface area contributed by atoms with Crippen molar-refractivity contribution in [2.24, 2.45) is 10.7 Å². The van der Waals surface area contributed by atoms with E-state index in [0.29, 0.717) is 57.7 Å². The second kappa shape index (κ2) is 9.90. The molecule has 1 aliphatic rings. The molecule has 4 aromatic rings. The Morgan fingerprint density at radius 1 is 1.36 bits per heavy atom. The van der Waals surface area contributed by atoms with Crippen LogP contribution in [0.15, 0.2) is 50.9 Å². The molecule has 1 fully saturated rings. The van der Waals surface area contributed by atoms with Gasteiger partial charge in [-0.2, -0.15) is 4.98 Å². The number of nitrogens with zero attached hydrogens (tertiary/aromatic N) is 4. The zero-order valence-corrected chi connectivity index (χ0v) is 20.1. The molecule has 1 saturated heterocycles. The first-order valence-electron chi connectivity index (χ1n) is 11.8. The summed E-state index contributed by atoms with van der Waals surface area (Å²) in [5.41, 5.74) is 8.11. The quantitative estimate of drug-likeness (QED) is 0.376. The summed E-state index contributed by atoms with van der Waals surface area (Å²) < 4.78 is 28.7. The number of benzene rings is 1.